The lowest BCUT2D eigenvalue weighted by Gasteiger charge is -2.38. The molecular weight excluding hydrogens is 560 g/mol. The molecule has 2 bridgehead atoms. The highest BCUT2D eigenvalue weighted by molar-refractivity contribution is 5.99. The third-order valence-corrected chi connectivity index (χ3v) is 9.51. The van der Waals surface area contributed by atoms with Crippen LogP contribution in [-0.2, 0) is 16.6 Å². The maximum Gasteiger partial charge on any atom is 0.220 e. The number of hydrogen-bond acceptors (Lipinski definition) is 3. The number of unbranched alkanes of at least 4 members (excludes halogenated alkanes) is 4. The van der Waals surface area contributed by atoms with Gasteiger partial charge >= 0.3 is 0 Å². The zero-order valence-electron chi connectivity index (χ0n) is 31.8. The number of fused-ring (bicyclic) bond motifs is 4. The first-order valence-corrected chi connectivity index (χ1v) is 19.3. The number of ether oxygens (including phenoxy) is 1. The highest BCUT2D eigenvalue weighted by atomic mass is 16.5. The molecule has 3 atom stereocenters. The lowest BCUT2D eigenvalue weighted by molar-refractivity contribution is 0.261. The Hall–Kier alpha value is -2.42. The Morgan fingerprint density at radius 1 is 0.826 bits per heavy atom. The summed E-state index contributed by atoms with van der Waals surface area (Å²) in [4.78, 5) is 0. The Kier molecular flexibility index (Phi) is 20.8. The van der Waals surface area contributed by atoms with Gasteiger partial charge in [0.15, 0.2) is 5.90 Å². The van der Waals surface area contributed by atoms with Crippen LogP contribution in [0.1, 0.15) is 188 Å². The quantitative estimate of drug-likeness (QED) is 0.177. The van der Waals surface area contributed by atoms with Gasteiger partial charge < -0.3 is 4.74 Å². The van der Waals surface area contributed by atoms with Crippen molar-refractivity contribution in [3.8, 4) is 11.1 Å². The van der Waals surface area contributed by atoms with Crippen molar-refractivity contribution < 1.29 is 4.74 Å². The van der Waals surface area contributed by atoms with Crippen molar-refractivity contribution in [3.05, 3.63) is 58.7 Å². The highest BCUT2D eigenvalue weighted by Gasteiger charge is 2.46. The fourth-order valence-corrected chi connectivity index (χ4v) is 7.29. The van der Waals surface area contributed by atoms with Crippen LogP contribution in [0, 0.1) is 22.7 Å². The first kappa shape index (κ1) is 41.6. The van der Waals surface area contributed by atoms with E-state index < -0.39 is 0 Å². The Balaban J connectivity index is 0.000000935. The van der Waals surface area contributed by atoms with E-state index >= 15 is 0 Å². The molecule has 260 valence electrons. The molecule has 0 heterocycles. The third kappa shape index (κ3) is 12.0. The molecule has 0 aliphatic heterocycles. The predicted molar refractivity (Wildman–Crippen MR) is 205 cm³/mol. The van der Waals surface area contributed by atoms with E-state index in [9.17, 15) is 0 Å². The van der Waals surface area contributed by atoms with Crippen LogP contribution in [0.5, 0.6) is 0 Å². The summed E-state index contributed by atoms with van der Waals surface area (Å²) in [5.41, 5.74) is 7.96. The molecule has 3 nitrogen and oxygen atoms in total. The van der Waals surface area contributed by atoms with E-state index in [-0.39, 0.29) is 17.2 Å². The molecule has 2 aliphatic rings. The Morgan fingerprint density at radius 3 is 1.96 bits per heavy atom. The summed E-state index contributed by atoms with van der Waals surface area (Å²) in [6.07, 6.45) is 20.4. The van der Waals surface area contributed by atoms with E-state index in [0.717, 1.165) is 11.5 Å². The second-order valence-electron chi connectivity index (χ2n) is 13.5. The van der Waals surface area contributed by atoms with Crippen molar-refractivity contribution in [1.82, 2.24) is 0 Å². The van der Waals surface area contributed by atoms with Gasteiger partial charge in [0.25, 0.3) is 0 Å². The molecule has 0 spiro atoms. The molecule has 3 heteroatoms. The molecule has 2 N–H and O–H groups in total. The summed E-state index contributed by atoms with van der Waals surface area (Å²) in [7, 11) is 0. The van der Waals surface area contributed by atoms with E-state index in [2.05, 4.69) is 78.8 Å². The largest absolute Gasteiger partial charge is 0.426 e. The average Bonchev–Trinajstić information content (AvgIpc) is 3.33. The lowest BCUT2D eigenvalue weighted by Crippen LogP contribution is -2.31. The number of hydrogen-bond donors (Lipinski definition) is 2. The molecule has 2 aromatic carbocycles. The number of benzene rings is 2. The molecule has 0 saturated heterocycles. The number of rotatable bonds is 12. The second kappa shape index (κ2) is 23.0. The van der Waals surface area contributed by atoms with Crippen LogP contribution in [0.25, 0.3) is 11.1 Å². The van der Waals surface area contributed by atoms with E-state index in [4.69, 9.17) is 15.6 Å². The molecule has 0 amide bonds. The van der Waals surface area contributed by atoms with Crippen molar-refractivity contribution in [2.75, 3.05) is 0 Å². The van der Waals surface area contributed by atoms with Gasteiger partial charge in [-0.25, -0.2) is 0 Å². The van der Waals surface area contributed by atoms with Gasteiger partial charge in [-0.1, -0.05) is 164 Å². The molecular formula is C43H72N2O. The molecule has 0 fully saturated rings. The minimum absolute atomic E-state index is 0.00609. The SMILES string of the molecule is CC.CCC.CCCCC.CCCCC(CC)CC12CC(CCCC)CCCc3ccc(c1c3)-c1ccc(C(=N)OC(C)=N)cc12. The molecule has 0 aromatic heterocycles. The normalized spacial score (nSPS) is 18.0. The topological polar surface area (TPSA) is 56.9 Å². The molecule has 2 aliphatic carbocycles. The van der Waals surface area contributed by atoms with Gasteiger partial charge in [0.05, 0.1) is 0 Å². The summed E-state index contributed by atoms with van der Waals surface area (Å²) >= 11 is 0. The van der Waals surface area contributed by atoms with E-state index in [1.54, 1.807) is 12.5 Å². The second-order valence-corrected chi connectivity index (χ2v) is 13.5. The Bertz CT molecular complexity index is 1150. The molecule has 0 radical (unpaired) electrons. The van der Waals surface area contributed by atoms with Gasteiger partial charge in [-0.3, -0.25) is 10.8 Å². The van der Waals surface area contributed by atoms with E-state index in [1.165, 1.54) is 125 Å². The summed E-state index contributed by atoms with van der Waals surface area (Å²) in [6, 6.07) is 13.8. The Morgan fingerprint density at radius 2 is 1.41 bits per heavy atom. The molecule has 4 rings (SSSR count). The molecule has 46 heavy (non-hydrogen) atoms. The lowest BCUT2D eigenvalue weighted by atomic mass is 9.65. The van der Waals surface area contributed by atoms with Gasteiger partial charge in [0.2, 0.25) is 5.90 Å². The predicted octanol–water partition coefficient (Wildman–Crippen LogP) is 14.1. The first-order valence-electron chi connectivity index (χ1n) is 19.3. The van der Waals surface area contributed by atoms with Gasteiger partial charge in [-0.2, -0.15) is 0 Å². The minimum atomic E-state index is -0.00609. The standard InChI is InChI=1S/C33H46N2O.C5H12.C3H8.C2H6/c1-5-8-11-24(7-3)21-33-22-26(12-9-6-2)14-10-13-25-15-17-28(30(33)19-25)29-18-16-27(20-31(29)33)32(35)36-23(4)34;1-3-5-4-2;1-3-2;1-2/h15-20,24,26,34-35H,5-14,21-22H2,1-4H3;3-5H2,1-2H3;3H2,1-2H3;1-2H3. The zero-order valence-corrected chi connectivity index (χ0v) is 31.8. The van der Waals surface area contributed by atoms with Crippen LogP contribution in [0.15, 0.2) is 36.4 Å². The average molecular weight is 633 g/mol. The number of nitrogens with one attached hydrogen (secondary N) is 2. The van der Waals surface area contributed by atoms with Crippen molar-refractivity contribution in [2.45, 2.75) is 177 Å². The molecule has 2 aromatic rings. The van der Waals surface area contributed by atoms with Gasteiger partial charge in [0, 0.05) is 17.9 Å². The van der Waals surface area contributed by atoms with Gasteiger partial charge in [-0.05, 0) is 77.5 Å². The van der Waals surface area contributed by atoms with Crippen molar-refractivity contribution >= 4 is 11.8 Å². The van der Waals surface area contributed by atoms with Crippen molar-refractivity contribution in [3.63, 3.8) is 0 Å². The van der Waals surface area contributed by atoms with E-state index in [1.807, 2.05) is 19.9 Å². The van der Waals surface area contributed by atoms with Crippen LogP contribution in [-0.4, -0.2) is 11.8 Å². The molecule has 3 unspecified atom stereocenters. The summed E-state index contributed by atoms with van der Waals surface area (Å²) in [5, 5.41) is 16.3. The fraction of sp³-hybridized carbons (Fsp3) is 0.674. The van der Waals surface area contributed by atoms with Crippen LogP contribution in [0.4, 0.5) is 0 Å². The monoisotopic (exact) mass is 633 g/mol. The third-order valence-electron chi connectivity index (χ3n) is 9.51. The maximum atomic E-state index is 8.53. The van der Waals surface area contributed by atoms with Crippen molar-refractivity contribution in [2.24, 2.45) is 11.8 Å². The van der Waals surface area contributed by atoms with Crippen molar-refractivity contribution in [1.29, 1.82) is 10.8 Å². The van der Waals surface area contributed by atoms with Crippen LogP contribution in [0.2, 0.25) is 0 Å². The smallest absolute Gasteiger partial charge is 0.220 e. The fourth-order valence-electron chi connectivity index (χ4n) is 7.29. The maximum absolute atomic E-state index is 8.53. The zero-order chi connectivity index (χ0) is 34.5. The van der Waals surface area contributed by atoms with E-state index in [0.29, 0.717) is 5.92 Å². The number of aryl methyl sites for hydroxylation is 1. The minimum Gasteiger partial charge on any atom is -0.426 e. The van der Waals surface area contributed by atoms with Gasteiger partial charge in [-0.15, -0.1) is 0 Å². The van der Waals surface area contributed by atoms with Crippen LogP contribution >= 0.6 is 0 Å². The van der Waals surface area contributed by atoms with Gasteiger partial charge in [0.1, 0.15) is 0 Å². The van der Waals surface area contributed by atoms with Crippen LogP contribution in [0.3, 0.4) is 0 Å². The summed E-state index contributed by atoms with van der Waals surface area (Å²) in [5.74, 6) is 1.57. The Labute approximate surface area is 285 Å². The first-order chi connectivity index (χ1) is 22.2. The van der Waals surface area contributed by atoms with Crippen LogP contribution < -0.4 is 0 Å². The summed E-state index contributed by atoms with van der Waals surface area (Å²) < 4.78 is 5.45. The molecule has 0 saturated carbocycles. The summed E-state index contributed by atoms with van der Waals surface area (Å²) in [6.45, 7) is 21.3. The highest BCUT2D eigenvalue weighted by Crippen LogP contribution is 2.57.